The van der Waals surface area contributed by atoms with Crippen LogP contribution in [-0.4, -0.2) is 17.6 Å². The first-order valence-corrected chi connectivity index (χ1v) is 25.7. The van der Waals surface area contributed by atoms with Crippen LogP contribution < -0.4 is 24.9 Å². The Hall–Kier alpha value is -5.42. The minimum absolute atomic E-state index is 0. The van der Waals surface area contributed by atoms with Gasteiger partial charge in [0.2, 0.25) is 0 Å². The number of aromatic nitrogens is 2. The summed E-state index contributed by atoms with van der Waals surface area (Å²) >= 11 is 0. The fourth-order valence-corrected chi connectivity index (χ4v) is 13.6. The summed E-state index contributed by atoms with van der Waals surface area (Å²) in [6, 6.07) is 51.9. The standard InChI is InChI=1S/C57H55N4OSi.Pt/c1-37-31-39(38-25-28-57(5,6)29-26-38)21-23-44(37)46-33-43(35-50-54(46)45-17-12-13-18-47(45)61(50)53-32-40(27-30-58-53)56(2,3)4)62-42-22-24-51-49(34-42)60-36-59(41-15-10-9-11-16-41)48-19-14-20-52(55(48)60)63(51,7)8;/h9-24,27,30-33,36,38H,25-26,28-29H2,1-8H3;/q-3;. The van der Waals surface area contributed by atoms with Crippen LogP contribution in [-0.2, 0) is 26.5 Å². The summed E-state index contributed by atoms with van der Waals surface area (Å²) in [5.74, 6) is 2.78. The number of ether oxygens (including phenoxy) is 1. The van der Waals surface area contributed by atoms with Crippen LogP contribution in [0.2, 0.25) is 13.1 Å². The molecule has 2 aliphatic heterocycles. The summed E-state index contributed by atoms with van der Waals surface area (Å²) in [5.41, 5.74) is 13.3. The Bertz CT molecular complexity index is 3100. The van der Waals surface area contributed by atoms with E-state index in [4.69, 9.17) is 9.72 Å². The minimum Gasteiger partial charge on any atom is -0.509 e. The van der Waals surface area contributed by atoms with Crippen molar-refractivity contribution >= 4 is 63.0 Å². The third-order valence-corrected chi connectivity index (χ3v) is 17.8. The van der Waals surface area contributed by atoms with E-state index in [-0.39, 0.29) is 26.5 Å². The Balaban J connectivity index is 0.00000484. The van der Waals surface area contributed by atoms with Crippen molar-refractivity contribution in [3.05, 3.63) is 163 Å². The van der Waals surface area contributed by atoms with E-state index in [0.717, 1.165) is 39.2 Å². The fraction of sp³-hybridized carbons (Fsp3) is 0.263. The normalized spacial score (nSPS) is 16.4. The number of hydrogen-bond acceptors (Lipinski definition) is 4. The van der Waals surface area contributed by atoms with Gasteiger partial charge < -0.3 is 19.1 Å². The molecule has 0 N–H and O–H groups in total. The quantitative estimate of drug-likeness (QED) is 0.123. The molecule has 0 bridgehead atoms. The van der Waals surface area contributed by atoms with E-state index in [1.807, 2.05) is 6.20 Å². The number of anilines is 4. The molecule has 0 spiro atoms. The van der Waals surface area contributed by atoms with E-state index in [9.17, 15) is 0 Å². The monoisotopic (exact) mass is 1030 g/mol. The smallest absolute Gasteiger partial charge is 0.135 e. The molecule has 0 radical (unpaired) electrons. The van der Waals surface area contributed by atoms with Crippen LogP contribution in [0.3, 0.4) is 0 Å². The number of fused-ring (bicyclic) bond motifs is 5. The van der Waals surface area contributed by atoms with Crippen LogP contribution in [0.4, 0.5) is 22.7 Å². The molecule has 1 fully saturated rings. The summed E-state index contributed by atoms with van der Waals surface area (Å²) in [7, 11) is -2.11. The van der Waals surface area contributed by atoms with E-state index in [1.54, 1.807) is 0 Å². The molecule has 0 amide bonds. The van der Waals surface area contributed by atoms with Gasteiger partial charge in [-0.05, 0) is 119 Å². The molecule has 2 aromatic heterocycles. The van der Waals surface area contributed by atoms with Gasteiger partial charge in [-0.2, -0.15) is 6.07 Å². The van der Waals surface area contributed by atoms with Gasteiger partial charge in [-0.25, -0.2) is 4.98 Å². The number of rotatable bonds is 6. The maximum atomic E-state index is 7.05. The molecule has 1 aliphatic carbocycles. The first kappa shape index (κ1) is 42.5. The summed E-state index contributed by atoms with van der Waals surface area (Å²) in [4.78, 5) is 9.66. The molecule has 5 nitrogen and oxygen atoms in total. The van der Waals surface area contributed by atoms with Crippen molar-refractivity contribution < 1.29 is 25.8 Å². The molecule has 7 heteroatoms. The van der Waals surface area contributed by atoms with Gasteiger partial charge >= 0.3 is 0 Å². The fourth-order valence-electron chi connectivity index (χ4n) is 10.6. The van der Waals surface area contributed by atoms with Gasteiger partial charge in [-0.1, -0.05) is 131 Å². The molecule has 11 rings (SSSR count). The third kappa shape index (κ3) is 7.04. The average Bonchev–Trinajstić information content (AvgIpc) is 3.82. The SMILES string of the molecule is Cc1cc(C2CCC(C)(C)CC2)ccc1-c1cc(Oc2[c-]c3c(cc2)[Si](C)(C)c2cccc4c2N3[CH-]N4c2ccccc2)[c-]c2c1c1ccccc1n2-c1cc(C(C)(C)C)ccn1.[Pt]. The van der Waals surface area contributed by atoms with E-state index in [0.29, 0.717) is 22.8 Å². The number of aryl methyl sites for hydroxylation is 1. The van der Waals surface area contributed by atoms with Crippen molar-refractivity contribution in [1.82, 2.24) is 9.55 Å². The van der Waals surface area contributed by atoms with Gasteiger partial charge in [0.15, 0.2) is 0 Å². The Morgan fingerprint density at radius 1 is 0.766 bits per heavy atom. The van der Waals surface area contributed by atoms with Crippen molar-refractivity contribution in [2.75, 3.05) is 9.80 Å². The number of benzene rings is 6. The molecular formula is C57H55N4OPtSi-3. The molecular weight excluding hydrogens is 980 g/mol. The van der Waals surface area contributed by atoms with Crippen LogP contribution in [0.15, 0.2) is 128 Å². The van der Waals surface area contributed by atoms with E-state index in [1.165, 1.54) is 75.1 Å². The summed E-state index contributed by atoms with van der Waals surface area (Å²) in [6.45, 7) is 21.0. The Morgan fingerprint density at radius 3 is 2.30 bits per heavy atom. The molecule has 0 atom stereocenters. The van der Waals surface area contributed by atoms with Gasteiger partial charge in [-0.3, -0.25) is 0 Å². The van der Waals surface area contributed by atoms with Crippen molar-refractivity contribution in [2.24, 2.45) is 5.41 Å². The molecule has 0 unspecified atom stereocenters. The van der Waals surface area contributed by atoms with Gasteiger partial charge in [0, 0.05) is 61.3 Å². The summed E-state index contributed by atoms with van der Waals surface area (Å²) in [5, 5.41) is 5.09. The van der Waals surface area contributed by atoms with E-state index in [2.05, 4.69) is 209 Å². The minimum atomic E-state index is -2.11. The third-order valence-electron chi connectivity index (χ3n) is 14.3. The van der Waals surface area contributed by atoms with Crippen LogP contribution >= 0.6 is 0 Å². The molecule has 4 heterocycles. The maximum Gasteiger partial charge on any atom is 0.135 e. The second-order valence-corrected chi connectivity index (χ2v) is 24.8. The van der Waals surface area contributed by atoms with Crippen LogP contribution in [0.25, 0.3) is 38.8 Å². The molecule has 3 aliphatic rings. The van der Waals surface area contributed by atoms with Gasteiger partial charge in [-0.15, -0.1) is 41.7 Å². The summed E-state index contributed by atoms with van der Waals surface area (Å²) < 4.78 is 9.33. The van der Waals surface area contributed by atoms with Crippen molar-refractivity contribution in [1.29, 1.82) is 0 Å². The van der Waals surface area contributed by atoms with Crippen LogP contribution in [0.1, 0.15) is 82.9 Å². The van der Waals surface area contributed by atoms with Crippen LogP contribution in [0, 0.1) is 31.1 Å². The molecule has 1 saturated carbocycles. The first-order chi connectivity index (χ1) is 30.2. The molecule has 326 valence electrons. The number of pyridine rings is 1. The predicted molar refractivity (Wildman–Crippen MR) is 265 cm³/mol. The Kier molecular flexibility index (Phi) is 10.4. The Labute approximate surface area is 394 Å². The first-order valence-electron chi connectivity index (χ1n) is 22.7. The van der Waals surface area contributed by atoms with Crippen molar-refractivity contribution in [3.63, 3.8) is 0 Å². The topological polar surface area (TPSA) is 33.5 Å². The maximum absolute atomic E-state index is 7.05. The molecule has 6 aromatic carbocycles. The second kappa shape index (κ2) is 15.6. The number of para-hydroxylation sites is 3. The molecule has 0 saturated heterocycles. The average molecular weight is 1040 g/mol. The van der Waals surface area contributed by atoms with Crippen LogP contribution in [0.5, 0.6) is 11.5 Å². The zero-order valence-electron chi connectivity index (χ0n) is 38.1. The zero-order valence-corrected chi connectivity index (χ0v) is 41.4. The van der Waals surface area contributed by atoms with E-state index < -0.39 is 8.07 Å². The summed E-state index contributed by atoms with van der Waals surface area (Å²) in [6.07, 6.45) is 6.97. The van der Waals surface area contributed by atoms with E-state index >= 15 is 0 Å². The number of nitrogens with zero attached hydrogens (tertiary/aromatic N) is 4. The molecule has 8 aromatic rings. The van der Waals surface area contributed by atoms with Gasteiger partial charge in [0.1, 0.15) is 5.82 Å². The second-order valence-electron chi connectivity index (χ2n) is 20.5. The van der Waals surface area contributed by atoms with Crippen molar-refractivity contribution in [2.45, 2.75) is 91.7 Å². The van der Waals surface area contributed by atoms with Crippen molar-refractivity contribution in [3.8, 4) is 28.4 Å². The largest absolute Gasteiger partial charge is 0.509 e. The van der Waals surface area contributed by atoms with Gasteiger partial charge in [0.05, 0.1) is 8.07 Å². The number of hydrogen-bond donors (Lipinski definition) is 0. The van der Waals surface area contributed by atoms with Gasteiger partial charge in [0.25, 0.3) is 0 Å². The molecule has 64 heavy (non-hydrogen) atoms. The zero-order chi connectivity index (χ0) is 43.4. The predicted octanol–water partition coefficient (Wildman–Crippen LogP) is 14.1. The Morgan fingerprint density at radius 2 is 1.53 bits per heavy atom.